The molecule has 2 heterocycles. The van der Waals surface area contributed by atoms with Crippen molar-refractivity contribution in [2.24, 2.45) is 11.5 Å². The van der Waals surface area contributed by atoms with Crippen LogP contribution in [-0.2, 0) is 13.0 Å². The average molecular weight is 239 g/mol. The van der Waals surface area contributed by atoms with Gasteiger partial charge in [0.05, 0.1) is 12.2 Å². The first kappa shape index (κ1) is 11.2. The number of fused-ring (bicyclic) bond motifs is 1. The van der Waals surface area contributed by atoms with Crippen molar-refractivity contribution in [1.29, 1.82) is 0 Å². The fraction of sp³-hybridized carbons (Fsp3) is 0.444. The van der Waals surface area contributed by atoms with Gasteiger partial charge in [-0.25, -0.2) is 4.79 Å². The van der Waals surface area contributed by atoms with E-state index in [1.54, 1.807) is 0 Å². The number of amides is 3. The molecule has 3 amide bonds. The number of carbonyl (C=O) groups excluding carboxylic acids is 2. The lowest BCUT2D eigenvalue weighted by Crippen LogP contribution is -2.40. The van der Waals surface area contributed by atoms with Crippen molar-refractivity contribution < 1.29 is 14.4 Å². The quantitative estimate of drug-likeness (QED) is 0.651. The van der Waals surface area contributed by atoms with Crippen molar-refractivity contribution in [3.63, 3.8) is 0 Å². The maximum atomic E-state index is 11.2. The van der Waals surface area contributed by atoms with Crippen LogP contribution in [0.4, 0.5) is 4.79 Å². The summed E-state index contributed by atoms with van der Waals surface area (Å²) in [4.78, 5) is 30.0. The van der Waals surface area contributed by atoms with Crippen LogP contribution in [0, 0.1) is 0 Å². The second kappa shape index (κ2) is 3.96. The van der Waals surface area contributed by atoms with Crippen LogP contribution in [0.15, 0.2) is 0 Å². The highest BCUT2D eigenvalue weighted by Gasteiger charge is 2.28. The molecule has 0 saturated carbocycles. The molecule has 8 nitrogen and oxygen atoms in total. The highest BCUT2D eigenvalue weighted by molar-refractivity contribution is 5.92. The summed E-state index contributed by atoms with van der Waals surface area (Å²) in [5, 5.41) is 3.94. The van der Waals surface area contributed by atoms with E-state index in [1.807, 2.05) is 0 Å². The van der Waals surface area contributed by atoms with Crippen molar-refractivity contribution in [3.8, 4) is 0 Å². The molecule has 0 spiro atoms. The zero-order valence-electron chi connectivity index (χ0n) is 9.34. The first-order valence-corrected chi connectivity index (χ1v) is 5.04. The molecule has 4 N–H and O–H groups in total. The van der Waals surface area contributed by atoms with E-state index in [9.17, 15) is 9.59 Å². The first-order chi connectivity index (χ1) is 8.04. The maximum absolute atomic E-state index is 11.2. The number of aromatic nitrogens is 2. The minimum atomic E-state index is -0.650. The van der Waals surface area contributed by atoms with Crippen LogP contribution >= 0.6 is 0 Å². The highest BCUT2D eigenvalue weighted by Crippen LogP contribution is 2.21. The fourth-order valence-electron chi connectivity index (χ4n) is 1.92. The third kappa shape index (κ3) is 1.77. The minimum absolute atomic E-state index is 0.118. The highest BCUT2D eigenvalue weighted by atomic mass is 16.7. The Labute approximate surface area is 97.1 Å². The van der Waals surface area contributed by atoms with E-state index in [0.717, 1.165) is 5.69 Å². The Kier molecular flexibility index (Phi) is 2.62. The van der Waals surface area contributed by atoms with E-state index in [4.69, 9.17) is 16.3 Å². The van der Waals surface area contributed by atoms with Gasteiger partial charge in [0, 0.05) is 18.5 Å². The molecule has 0 atom stereocenters. The van der Waals surface area contributed by atoms with Crippen molar-refractivity contribution in [3.05, 3.63) is 17.0 Å². The predicted octanol–water partition coefficient (Wildman–Crippen LogP) is -1.52. The Morgan fingerprint density at radius 1 is 1.41 bits per heavy atom. The van der Waals surface area contributed by atoms with Crippen LogP contribution in [0.3, 0.4) is 0 Å². The van der Waals surface area contributed by atoms with E-state index in [-0.39, 0.29) is 12.2 Å². The number of nitrogens with two attached hydrogens (primary N) is 2. The van der Waals surface area contributed by atoms with E-state index in [0.29, 0.717) is 18.5 Å². The van der Waals surface area contributed by atoms with Crippen LogP contribution in [-0.4, -0.2) is 40.4 Å². The molecule has 0 saturated heterocycles. The van der Waals surface area contributed by atoms with Gasteiger partial charge < -0.3 is 21.2 Å². The number of hydrogen-bond acceptors (Lipinski definition) is 4. The molecule has 1 aliphatic rings. The fourth-order valence-corrected chi connectivity index (χ4v) is 1.92. The molecule has 92 valence electrons. The van der Waals surface area contributed by atoms with Gasteiger partial charge in [0.2, 0.25) is 0 Å². The minimum Gasteiger partial charge on any atom is -0.400 e. The molecule has 0 aliphatic carbocycles. The molecule has 0 radical (unpaired) electrons. The number of rotatable bonds is 2. The Hall–Kier alpha value is -2.25. The molecular formula is C9H13N5O3. The Bertz CT molecular complexity index is 481. The molecular weight excluding hydrogens is 226 g/mol. The molecule has 17 heavy (non-hydrogen) atoms. The summed E-state index contributed by atoms with van der Waals surface area (Å²) < 4.78 is 0. The molecule has 0 fully saturated rings. The number of primary amides is 2. The normalized spacial score (nSPS) is 14.3. The summed E-state index contributed by atoms with van der Waals surface area (Å²) in [7, 11) is 1.44. The summed E-state index contributed by atoms with van der Waals surface area (Å²) in [6, 6.07) is -0.531. The first-order valence-electron chi connectivity index (χ1n) is 5.04. The summed E-state index contributed by atoms with van der Waals surface area (Å²) >= 11 is 0. The van der Waals surface area contributed by atoms with Crippen molar-refractivity contribution in [2.45, 2.75) is 13.0 Å². The Morgan fingerprint density at radius 2 is 2.12 bits per heavy atom. The van der Waals surface area contributed by atoms with Gasteiger partial charge in [-0.3, -0.25) is 4.79 Å². The molecule has 8 heteroatoms. The summed E-state index contributed by atoms with van der Waals surface area (Å²) in [5.74, 6) is -0.650. The van der Waals surface area contributed by atoms with Crippen LogP contribution in [0.5, 0.6) is 0 Å². The predicted molar refractivity (Wildman–Crippen MR) is 56.9 cm³/mol. The summed E-state index contributed by atoms with van der Waals surface area (Å²) in [5.41, 5.74) is 11.9. The van der Waals surface area contributed by atoms with Crippen molar-refractivity contribution >= 4 is 11.9 Å². The van der Waals surface area contributed by atoms with Gasteiger partial charge in [0.25, 0.3) is 5.91 Å². The van der Waals surface area contributed by atoms with Crippen LogP contribution in [0.2, 0.25) is 0 Å². The SMILES string of the molecule is COn1nc(C(N)=O)c2c1CCN(C(N)=O)C2. The topological polar surface area (TPSA) is 116 Å². The number of nitrogens with zero attached hydrogens (tertiary/aromatic N) is 3. The van der Waals surface area contributed by atoms with Gasteiger partial charge in [0.15, 0.2) is 5.69 Å². The maximum Gasteiger partial charge on any atom is 0.315 e. The number of urea groups is 1. The van der Waals surface area contributed by atoms with Gasteiger partial charge in [-0.1, -0.05) is 0 Å². The zero-order valence-corrected chi connectivity index (χ0v) is 9.34. The number of hydrogen-bond donors (Lipinski definition) is 2. The van der Waals surface area contributed by atoms with Gasteiger partial charge in [-0.05, 0) is 0 Å². The third-order valence-electron chi connectivity index (χ3n) is 2.74. The summed E-state index contributed by atoms with van der Waals surface area (Å²) in [6.07, 6.45) is 0.520. The molecule has 0 bridgehead atoms. The monoisotopic (exact) mass is 239 g/mol. The van der Waals surface area contributed by atoms with Gasteiger partial charge in [0.1, 0.15) is 7.11 Å². The van der Waals surface area contributed by atoms with Crippen molar-refractivity contribution in [2.75, 3.05) is 13.7 Å². The molecule has 0 aromatic carbocycles. The third-order valence-corrected chi connectivity index (χ3v) is 2.74. The summed E-state index contributed by atoms with van der Waals surface area (Å²) in [6.45, 7) is 0.696. The largest absolute Gasteiger partial charge is 0.400 e. The Morgan fingerprint density at radius 3 is 2.65 bits per heavy atom. The lowest BCUT2D eigenvalue weighted by atomic mass is 10.1. The lowest BCUT2D eigenvalue weighted by Gasteiger charge is -2.25. The van der Waals surface area contributed by atoms with Crippen LogP contribution in [0.25, 0.3) is 0 Å². The van der Waals surface area contributed by atoms with E-state index >= 15 is 0 Å². The van der Waals surface area contributed by atoms with Gasteiger partial charge >= 0.3 is 6.03 Å². The zero-order chi connectivity index (χ0) is 12.6. The van der Waals surface area contributed by atoms with Crippen molar-refractivity contribution in [1.82, 2.24) is 14.8 Å². The second-order valence-corrected chi connectivity index (χ2v) is 3.70. The molecule has 1 aromatic heterocycles. The number of carbonyl (C=O) groups is 2. The molecule has 1 aliphatic heterocycles. The van der Waals surface area contributed by atoms with E-state index < -0.39 is 11.9 Å². The van der Waals surface area contributed by atoms with Crippen LogP contribution in [0.1, 0.15) is 21.7 Å². The molecule has 0 unspecified atom stereocenters. The molecule has 1 aromatic rings. The van der Waals surface area contributed by atoms with Gasteiger partial charge in [-0.15, -0.1) is 9.94 Å². The standard InChI is InChI=1S/C9H13N5O3/c1-17-14-6-2-3-13(9(11)16)4-5(6)7(12-14)8(10)15/h2-4H2,1H3,(H2,10,15)(H2,11,16). The Balaban J connectivity index is 2.44. The second-order valence-electron chi connectivity index (χ2n) is 3.70. The van der Waals surface area contributed by atoms with Gasteiger partial charge in [-0.2, -0.15) is 0 Å². The van der Waals surface area contributed by atoms with E-state index in [2.05, 4.69) is 5.10 Å². The van der Waals surface area contributed by atoms with Crippen LogP contribution < -0.4 is 16.3 Å². The average Bonchev–Trinajstić information content (AvgIpc) is 2.66. The van der Waals surface area contributed by atoms with E-state index in [1.165, 1.54) is 16.9 Å². The molecule has 2 rings (SSSR count). The smallest absolute Gasteiger partial charge is 0.315 e. The lowest BCUT2D eigenvalue weighted by molar-refractivity contribution is 0.0975.